The van der Waals surface area contributed by atoms with Crippen molar-refractivity contribution in [3.63, 3.8) is 0 Å². The third-order valence-corrected chi connectivity index (χ3v) is 4.62. The number of benzene rings is 1. The minimum Gasteiger partial charge on any atom is -0.493 e. The number of amides is 1. The van der Waals surface area contributed by atoms with Crippen LogP contribution in [-0.2, 0) is 17.6 Å². The average Bonchev–Trinajstić information content (AvgIpc) is 3.24. The summed E-state index contributed by atoms with van der Waals surface area (Å²) in [6, 6.07) is 3.63. The molecule has 138 valence electrons. The second-order valence-corrected chi connectivity index (χ2v) is 6.63. The van der Waals surface area contributed by atoms with Crippen LogP contribution in [0.4, 0.5) is 5.13 Å². The van der Waals surface area contributed by atoms with Crippen LogP contribution in [0.1, 0.15) is 31.5 Å². The summed E-state index contributed by atoms with van der Waals surface area (Å²) in [5, 5.41) is 7.21. The van der Waals surface area contributed by atoms with Gasteiger partial charge in [-0.15, -0.1) is 0 Å². The van der Waals surface area contributed by atoms with Crippen LogP contribution in [0.15, 0.2) is 16.7 Å². The SMILES string of the molecule is CCCc1noc(CCC(=O)Nc2nc3cc(OC)c(OC)cc3s2)n1. The molecular formula is C17H20N4O4S. The Labute approximate surface area is 154 Å². The molecule has 2 aromatic heterocycles. The Bertz CT molecular complexity index is 864. The second-order valence-electron chi connectivity index (χ2n) is 5.60. The fourth-order valence-corrected chi connectivity index (χ4v) is 3.32. The molecule has 8 nitrogen and oxygen atoms in total. The Morgan fingerprint density at radius 3 is 2.69 bits per heavy atom. The van der Waals surface area contributed by atoms with E-state index in [0.29, 0.717) is 34.8 Å². The van der Waals surface area contributed by atoms with E-state index in [2.05, 4.69) is 20.4 Å². The molecule has 1 N–H and O–H groups in total. The van der Waals surface area contributed by atoms with Gasteiger partial charge < -0.3 is 19.3 Å². The maximum atomic E-state index is 12.2. The van der Waals surface area contributed by atoms with Crippen LogP contribution in [0.5, 0.6) is 11.5 Å². The van der Waals surface area contributed by atoms with Crippen molar-refractivity contribution >= 4 is 32.6 Å². The van der Waals surface area contributed by atoms with Crippen LogP contribution in [-0.4, -0.2) is 35.3 Å². The van der Waals surface area contributed by atoms with Crippen LogP contribution in [0.3, 0.4) is 0 Å². The van der Waals surface area contributed by atoms with E-state index in [-0.39, 0.29) is 12.3 Å². The number of nitrogens with one attached hydrogen (secondary N) is 1. The summed E-state index contributed by atoms with van der Waals surface area (Å²) >= 11 is 1.38. The first kappa shape index (κ1) is 18.1. The summed E-state index contributed by atoms with van der Waals surface area (Å²) in [6.07, 6.45) is 2.37. The molecule has 0 saturated heterocycles. The molecule has 0 atom stereocenters. The molecule has 0 bridgehead atoms. The Morgan fingerprint density at radius 1 is 1.19 bits per heavy atom. The number of hydrogen-bond donors (Lipinski definition) is 1. The zero-order chi connectivity index (χ0) is 18.5. The van der Waals surface area contributed by atoms with E-state index in [1.54, 1.807) is 20.3 Å². The van der Waals surface area contributed by atoms with E-state index in [1.165, 1.54) is 11.3 Å². The Kier molecular flexibility index (Phi) is 5.67. The molecule has 1 aromatic carbocycles. The minimum absolute atomic E-state index is 0.154. The normalized spacial score (nSPS) is 10.9. The summed E-state index contributed by atoms with van der Waals surface area (Å²) in [5.41, 5.74) is 0.740. The van der Waals surface area contributed by atoms with Gasteiger partial charge in [0.2, 0.25) is 11.8 Å². The predicted octanol–water partition coefficient (Wildman–Crippen LogP) is 3.22. The number of carbonyl (C=O) groups excluding carboxylic acids is 1. The number of ether oxygens (including phenoxy) is 2. The number of anilines is 1. The van der Waals surface area contributed by atoms with Gasteiger partial charge in [0.05, 0.1) is 24.4 Å². The number of hydrogen-bond acceptors (Lipinski definition) is 8. The smallest absolute Gasteiger partial charge is 0.227 e. The van der Waals surface area contributed by atoms with Crippen LogP contribution < -0.4 is 14.8 Å². The summed E-state index contributed by atoms with van der Waals surface area (Å²) in [6.45, 7) is 2.05. The van der Waals surface area contributed by atoms with Gasteiger partial charge in [-0.25, -0.2) is 4.98 Å². The Balaban J connectivity index is 1.63. The molecule has 0 fully saturated rings. The number of aromatic nitrogens is 3. The van der Waals surface area contributed by atoms with Crippen LogP contribution in [0.25, 0.3) is 10.2 Å². The van der Waals surface area contributed by atoms with E-state index in [0.717, 1.165) is 23.1 Å². The number of carbonyl (C=O) groups is 1. The van der Waals surface area contributed by atoms with Crippen LogP contribution >= 0.6 is 11.3 Å². The Hall–Kier alpha value is -2.68. The molecule has 0 aliphatic heterocycles. The molecular weight excluding hydrogens is 356 g/mol. The standard InChI is InChI=1S/C17H20N4O4S/c1-4-5-14-19-16(25-21-14)7-6-15(22)20-17-18-10-8-11(23-2)12(24-3)9-13(10)26-17/h8-9H,4-7H2,1-3H3,(H,18,20,22). The number of nitrogens with zero attached hydrogens (tertiary/aromatic N) is 3. The second kappa shape index (κ2) is 8.13. The number of aryl methyl sites for hydroxylation is 2. The van der Waals surface area contributed by atoms with Gasteiger partial charge in [-0.2, -0.15) is 4.98 Å². The third-order valence-electron chi connectivity index (χ3n) is 3.69. The molecule has 26 heavy (non-hydrogen) atoms. The first-order chi connectivity index (χ1) is 12.6. The minimum atomic E-state index is -0.154. The first-order valence-electron chi connectivity index (χ1n) is 8.26. The molecule has 9 heteroatoms. The fraction of sp³-hybridized carbons (Fsp3) is 0.412. The highest BCUT2D eigenvalue weighted by Crippen LogP contribution is 2.36. The number of fused-ring (bicyclic) bond motifs is 1. The van der Waals surface area contributed by atoms with Crippen molar-refractivity contribution in [1.82, 2.24) is 15.1 Å². The number of methoxy groups -OCH3 is 2. The van der Waals surface area contributed by atoms with Crippen molar-refractivity contribution in [2.24, 2.45) is 0 Å². The monoisotopic (exact) mass is 376 g/mol. The average molecular weight is 376 g/mol. The largest absolute Gasteiger partial charge is 0.493 e. The topological polar surface area (TPSA) is 99.4 Å². The summed E-state index contributed by atoms with van der Waals surface area (Å²) < 4.78 is 16.6. The maximum absolute atomic E-state index is 12.2. The van der Waals surface area contributed by atoms with Gasteiger partial charge in [0.15, 0.2) is 22.5 Å². The number of thiazole rings is 1. The van der Waals surface area contributed by atoms with E-state index < -0.39 is 0 Å². The lowest BCUT2D eigenvalue weighted by molar-refractivity contribution is -0.116. The zero-order valence-electron chi connectivity index (χ0n) is 14.9. The van der Waals surface area contributed by atoms with Gasteiger partial charge in [0, 0.05) is 31.4 Å². The van der Waals surface area contributed by atoms with Crippen molar-refractivity contribution in [2.75, 3.05) is 19.5 Å². The lowest BCUT2D eigenvalue weighted by Crippen LogP contribution is -2.12. The number of rotatable bonds is 8. The third kappa shape index (κ3) is 4.10. The van der Waals surface area contributed by atoms with Crippen molar-refractivity contribution < 1.29 is 18.8 Å². The van der Waals surface area contributed by atoms with Gasteiger partial charge in [0.25, 0.3) is 0 Å². The lowest BCUT2D eigenvalue weighted by Gasteiger charge is -2.05. The van der Waals surface area contributed by atoms with Gasteiger partial charge in [0.1, 0.15) is 0 Å². The van der Waals surface area contributed by atoms with E-state index in [9.17, 15) is 4.79 Å². The summed E-state index contributed by atoms with van der Waals surface area (Å²) in [7, 11) is 3.15. The molecule has 3 aromatic rings. The quantitative estimate of drug-likeness (QED) is 0.644. The van der Waals surface area contributed by atoms with Gasteiger partial charge >= 0.3 is 0 Å². The molecule has 0 aliphatic carbocycles. The molecule has 1 amide bonds. The van der Waals surface area contributed by atoms with Crippen molar-refractivity contribution in [3.05, 3.63) is 23.8 Å². The summed E-state index contributed by atoms with van der Waals surface area (Å²) in [4.78, 5) is 20.8. The van der Waals surface area contributed by atoms with Crippen LogP contribution in [0, 0.1) is 0 Å². The Morgan fingerprint density at radius 2 is 1.96 bits per heavy atom. The molecule has 0 saturated carbocycles. The van der Waals surface area contributed by atoms with Gasteiger partial charge in [-0.1, -0.05) is 23.4 Å². The van der Waals surface area contributed by atoms with E-state index >= 15 is 0 Å². The van der Waals surface area contributed by atoms with Gasteiger partial charge in [-0.05, 0) is 6.42 Å². The first-order valence-corrected chi connectivity index (χ1v) is 9.08. The molecule has 0 spiro atoms. The molecule has 2 heterocycles. The fourth-order valence-electron chi connectivity index (χ4n) is 2.43. The highest BCUT2D eigenvalue weighted by Gasteiger charge is 2.13. The zero-order valence-corrected chi connectivity index (χ0v) is 15.7. The molecule has 0 radical (unpaired) electrons. The summed E-state index contributed by atoms with van der Waals surface area (Å²) in [5.74, 6) is 2.22. The van der Waals surface area contributed by atoms with Crippen molar-refractivity contribution in [3.8, 4) is 11.5 Å². The van der Waals surface area contributed by atoms with Crippen molar-refractivity contribution in [2.45, 2.75) is 32.6 Å². The lowest BCUT2D eigenvalue weighted by atomic mass is 10.3. The van der Waals surface area contributed by atoms with E-state index in [1.807, 2.05) is 13.0 Å². The molecule has 0 aliphatic rings. The molecule has 0 unspecified atom stereocenters. The van der Waals surface area contributed by atoms with Crippen molar-refractivity contribution in [1.29, 1.82) is 0 Å². The predicted molar refractivity (Wildman–Crippen MR) is 98.0 cm³/mol. The molecule has 3 rings (SSSR count). The highest BCUT2D eigenvalue weighted by molar-refractivity contribution is 7.22. The maximum Gasteiger partial charge on any atom is 0.227 e. The highest BCUT2D eigenvalue weighted by atomic mass is 32.1. The van der Waals surface area contributed by atoms with E-state index in [4.69, 9.17) is 14.0 Å². The van der Waals surface area contributed by atoms with Gasteiger partial charge in [-0.3, -0.25) is 4.79 Å². The van der Waals surface area contributed by atoms with Crippen LogP contribution in [0.2, 0.25) is 0 Å².